The fourth-order valence-corrected chi connectivity index (χ4v) is 3.16. The minimum atomic E-state index is 0.0456. The SMILES string of the molecule is CCCC(=O)Nc1ccc(N2CCN(C/C=C/c3ccccc3)CC2)nc1. The number of hydrogen-bond acceptors (Lipinski definition) is 4. The van der Waals surface area contributed by atoms with E-state index in [4.69, 9.17) is 0 Å². The molecule has 0 unspecified atom stereocenters. The van der Waals surface area contributed by atoms with Gasteiger partial charge in [0.15, 0.2) is 0 Å². The number of carbonyl (C=O) groups is 1. The van der Waals surface area contributed by atoms with Gasteiger partial charge < -0.3 is 10.2 Å². The van der Waals surface area contributed by atoms with Gasteiger partial charge in [0.25, 0.3) is 0 Å². The normalized spacial score (nSPS) is 15.2. The first kappa shape index (κ1) is 19.1. The lowest BCUT2D eigenvalue weighted by molar-refractivity contribution is -0.116. The van der Waals surface area contributed by atoms with Gasteiger partial charge in [0, 0.05) is 39.1 Å². The van der Waals surface area contributed by atoms with Gasteiger partial charge in [-0.2, -0.15) is 0 Å². The van der Waals surface area contributed by atoms with Crippen molar-refractivity contribution in [1.29, 1.82) is 0 Å². The third-order valence-corrected chi connectivity index (χ3v) is 4.68. The third-order valence-electron chi connectivity index (χ3n) is 4.68. The molecule has 0 atom stereocenters. The predicted octanol–water partition coefficient (Wildman–Crippen LogP) is 3.66. The van der Waals surface area contributed by atoms with Gasteiger partial charge in [0.05, 0.1) is 11.9 Å². The molecule has 0 spiro atoms. The summed E-state index contributed by atoms with van der Waals surface area (Å²) in [5.74, 6) is 1.02. The summed E-state index contributed by atoms with van der Waals surface area (Å²) in [6, 6.07) is 14.3. The van der Waals surface area contributed by atoms with Crippen LogP contribution in [0.1, 0.15) is 25.3 Å². The standard InChI is InChI=1S/C22H28N4O/c1-2-7-22(27)24-20-11-12-21(23-18-20)26-16-14-25(15-17-26)13-6-10-19-8-4-3-5-9-19/h3-6,8-12,18H,2,7,13-17H2,1H3,(H,24,27)/b10-6+. The molecule has 1 aliphatic heterocycles. The van der Waals surface area contributed by atoms with Crippen LogP contribution in [0.4, 0.5) is 11.5 Å². The quantitative estimate of drug-likeness (QED) is 0.815. The summed E-state index contributed by atoms with van der Waals surface area (Å²) in [6.07, 6.45) is 7.55. The second-order valence-electron chi connectivity index (χ2n) is 6.80. The summed E-state index contributed by atoms with van der Waals surface area (Å²) in [7, 11) is 0. The Morgan fingerprint density at radius 1 is 1.11 bits per heavy atom. The number of pyridine rings is 1. The molecule has 0 bridgehead atoms. The number of aromatic nitrogens is 1. The number of hydrogen-bond donors (Lipinski definition) is 1. The molecule has 0 saturated carbocycles. The number of nitrogens with one attached hydrogen (secondary N) is 1. The van der Waals surface area contributed by atoms with E-state index in [0.717, 1.165) is 50.6 Å². The minimum Gasteiger partial charge on any atom is -0.354 e. The molecule has 1 aromatic carbocycles. The number of nitrogens with zero attached hydrogens (tertiary/aromatic N) is 3. The van der Waals surface area contributed by atoms with E-state index in [1.807, 2.05) is 25.1 Å². The largest absolute Gasteiger partial charge is 0.354 e. The van der Waals surface area contributed by atoms with Crippen molar-refractivity contribution in [2.24, 2.45) is 0 Å². The molecule has 1 saturated heterocycles. The Balaban J connectivity index is 1.44. The first-order chi connectivity index (χ1) is 13.2. The lowest BCUT2D eigenvalue weighted by Gasteiger charge is -2.34. The molecule has 1 N–H and O–H groups in total. The van der Waals surface area contributed by atoms with Gasteiger partial charge in [0.2, 0.25) is 5.91 Å². The molecule has 5 nitrogen and oxygen atoms in total. The zero-order valence-corrected chi connectivity index (χ0v) is 16.0. The van der Waals surface area contributed by atoms with Gasteiger partial charge in [-0.25, -0.2) is 4.98 Å². The van der Waals surface area contributed by atoms with Crippen LogP contribution in [0.3, 0.4) is 0 Å². The lowest BCUT2D eigenvalue weighted by atomic mass is 10.2. The Bertz CT molecular complexity index is 735. The summed E-state index contributed by atoms with van der Waals surface area (Å²) in [5.41, 5.74) is 2.01. The molecule has 142 valence electrons. The molecule has 1 amide bonds. The smallest absolute Gasteiger partial charge is 0.224 e. The van der Waals surface area contributed by atoms with Gasteiger partial charge >= 0.3 is 0 Å². The predicted molar refractivity (Wildman–Crippen MR) is 112 cm³/mol. The highest BCUT2D eigenvalue weighted by Crippen LogP contribution is 2.16. The summed E-state index contributed by atoms with van der Waals surface area (Å²) in [5, 5.41) is 2.88. The second-order valence-corrected chi connectivity index (χ2v) is 6.80. The monoisotopic (exact) mass is 364 g/mol. The molecule has 3 rings (SSSR count). The van der Waals surface area contributed by atoms with Gasteiger partial charge in [-0.1, -0.05) is 49.4 Å². The first-order valence-electron chi connectivity index (χ1n) is 9.69. The molecule has 5 heteroatoms. The molecular formula is C22H28N4O. The molecule has 0 aliphatic carbocycles. The van der Waals surface area contributed by atoms with Crippen LogP contribution in [0.25, 0.3) is 6.08 Å². The summed E-state index contributed by atoms with van der Waals surface area (Å²) in [4.78, 5) is 20.9. The van der Waals surface area contributed by atoms with E-state index < -0.39 is 0 Å². The molecule has 2 heterocycles. The van der Waals surface area contributed by atoms with Crippen molar-refractivity contribution in [1.82, 2.24) is 9.88 Å². The summed E-state index contributed by atoms with van der Waals surface area (Å²) < 4.78 is 0. The van der Waals surface area contributed by atoms with Crippen molar-refractivity contribution in [2.45, 2.75) is 19.8 Å². The highest BCUT2D eigenvalue weighted by Gasteiger charge is 2.17. The van der Waals surface area contributed by atoms with Crippen LogP contribution in [0.15, 0.2) is 54.7 Å². The Labute approximate surface area is 161 Å². The van der Waals surface area contributed by atoms with Gasteiger partial charge in [-0.05, 0) is 24.1 Å². The molecule has 27 heavy (non-hydrogen) atoms. The molecule has 2 aromatic rings. The molecular weight excluding hydrogens is 336 g/mol. The zero-order chi connectivity index (χ0) is 18.9. The van der Waals surface area contributed by atoms with Crippen molar-refractivity contribution in [3.8, 4) is 0 Å². The van der Waals surface area contributed by atoms with Crippen LogP contribution in [-0.4, -0.2) is 48.5 Å². The van der Waals surface area contributed by atoms with Crippen LogP contribution in [0.2, 0.25) is 0 Å². The average Bonchev–Trinajstić information content (AvgIpc) is 2.70. The third kappa shape index (κ3) is 5.93. The fourth-order valence-electron chi connectivity index (χ4n) is 3.16. The van der Waals surface area contributed by atoms with E-state index in [9.17, 15) is 4.79 Å². The van der Waals surface area contributed by atoms with Crippen molar-refractivity contribution in [3.63, 3.8) is 0 Å². The van der Waals surface area contributed by atoms with Crippen LogP contribution < -0.4 is 10.2 Å². The highest BCUT2D eigenvalue weighted by molar-refractivity contribution is 5.90. The number of carbonyl (C=O) groups excluding carboxylic acids is 1. The van der Waals surface area contributed by atoms with E-state index >= 15 is 0 Å². The van der Waals surface area contributed by atoms with E-state index in [2.05, 4.69) is 56.5 Å². The first-order valence-corrected chi connectivity index (χ1v) is 9.69. The van der Waals surface area contributed by atoms with Crippen molar-refractivity contribution >= 4 is 23.5 Å². The molecule has 0 radical (unpaired) electrons. The molecule has 1 aliphatic rings. The van der Waals surface area contributed by atoms with E-state index in [1.165, 1.54) is 5.56 Å². The van der Waals surface area contributed by atoms with Gasteiger partial charge in [-0.3, -0.25) is 9.69 Å². The highest BCUT2D eigenvalue weighted by atomic mass is 16.1. The van der Waals surface area contributed by atoms with Gasteiger partial charge in [-0.15, -0.1) is 0 Å². The summed E-state index contributed by atoms with van der Waals surface area (Å²) >= 11 is 0. The zero-order valence-electron chi connectivity index (χ0n) is 16.0. The fraction of sp³-hybridized carbons (Fsp3) is 0.364. The molecule has 1 fully saturated rings. The Morgan fingerprint density at radius 3 is 2.56 bits per heavy atom. The Morgan fingerprint density at radius 2 is 1.89 bits per heavy atom. The number of benzene rings is 1. The molecule has 1 aromatic heterocycles. The summed E-state index contributed by atoms with van der Waals surface area (Å²) in [6.45, 7) is 6.95. The van der Waals surface area contributed by atoms with Crippen molar-refractivity contribution < 1.29 is 4.79 Å². The van der Waals surface area contributed by atoms with Crippen LogP contribution in [0.5, 0.6) is 0 Å². The number of amides is 1. The van der Waals surface area contributed by atoms with Gasteiger partial charge in [0.1, 0.15) is 5.82 Å². The Hall–Kier alpha value is -2.66. The minimum absolute atomic E-state index is 0.0456. The van der Waals surface area contributed by atoms with Crippen LogP contribution >= 0.6 is 0 Å². The number of rotatable bonds is 7. The maximum atomic E-state index is 11.7. The average molecular weight is 364 g/mol. The van der Waals surface area contributed by atoms with Crippen LogP contribution in [0, 0.1) is 0 Å². The van der Waals surface area contributed by atoms with E-state index in [0.29, 0.717) is 6.42 Å². The topological polar surface area (TPSA) is 48.5 Å². The second kappa shape index (κ2) is 9.88. The van der Waals surface area contributed by atoms with E-state index in [1.54, 1.807) is 6.20 Å². The number of anilines is 2. The number of piperazine rings is 1. The Kier molecular flexibility index (Phi) is 6.99. The maximum absolute atomic E-state index is 11.7. The van der Waals surface area contributed by atoms with Crippen molar-refractivity contribution in [3.05, 3.63) is 60.3 Å². The lowest BCUT2D eigenvalue weighted by Crippen LogP contribution is -2.46. The van der Waals surface area contributed by atoms with E-state index in [-0.39, 0.29) is 5.91 Å². The van der Waals surface area contributed by atoms with Crippen LogP contribution in [-0.2, 0) is 4.79 Å². The van der Waals surface area contributed by atoms with Crippen molar-refractivity contribution in [2.75, 3.05) is 42.9 Å². The maximum Gasteiger partial charge on any atom is 0.224 e.